The normalized spacial score (nSPS) is 27.2. The van der Waals surface area contributed by atoms with Crippen molar-refractivity contribution in [1.82, 2.24) is 9.80 Å². The van der Waals surface area contributed by atoms with Crippen LogP contribution in [0.3, 0.4) is 0 Å². The molecule has 0 spiro atoms. The van der Waals surface area contributed by atoms with Crippen LogP contribution in [0.1, 0.15) is 46.5 Å². The first-order valence-electron chi connectivity index (χ1n) is 7.99. The summed E-state index contributed by atoms with van der Waals surface area (Å²) in [5.74, 6) is 0.678. The smallest absolute Gasteiger partial charge is 0.0131 e. The summed E-state index contributed by atoms with van der Waals surface area (Å²) >= 11 is 0. The van der Waals surface area contributed by atoms with E-state index < -0.39 is 0 Å². The Bertz CT molecular complexity index is 250. The molecular weight excluding hydrogens is 234 g/mol. The second-order valence-corrected chi connectivity index (χ2v) is 7.27. The fourth-order valence-electron chi connectivity index (χ4n) is 3.29. The van der Waals surface area contributed by atoms with Crippen LogP contribution in [0.25, 0.3) is 0 Å². The molecule has 114 valence electrons. The van der Waals surface area contributed by atoms with Gasteiger partial charge in [-0.15, -0.1) is 0 Å². The van der Waals surface area contributed by atoms with Crippen molar-refractivity contribution in [3.8, 4) is 0 Å². The van der Waals surface area contributed by atoms with E-state index in [0.717, 1.165) is 6.54 Å². The topological polar surface area (TPSA) is 32.5 Å². The van der Waals surface area contributed by atoms with Crippen LogP contribution in [0.4, 0.5) is 0 Å². The van der Waals surface area contributed by atoms with Crippen LogP contribution in [0.15, 0.2) is 0 Å². The lowest BCUT2D eigenvalue weighted by molar-refractivity contribution is 0.0990. The standard InChI is InChI=1S/C16H35N3/c1-6-10-19(12-11-18(4)5)13-14-8-7-9-16(2,3)15(14)17/h14-15H,6-13,17H2,1-5H3. The van der Waals surface area contributed by atoms with E-state index in [2.05, 4.69) is 44.7 Å². The summed E-state index contributed by atoms with van der Waals surface area (Å²) in [6, 6.07) is 0.361. The highest BCUT2D eigenvalue weighted by molar-refractivity contribution is 4.92. The van der Waals surface area contributed by atoms with Gasteiger partial charge in [0.25, 0.3) is 0 Å². The van der Waals surface area contributed by atoms with Crippen molar-refractivity contribution in [2.75, 3.05) is 40.3 Å². The van der Waals surface area contributed by atoms with Crippen LogP contribution in [0.2, 0.25) is 0 Å². The average molecular weight is 269 g/mol. The van der Waals surface area contributed by atoms with E-state index in [1.807, 2.05) is 0 Å². The van der Waals surface area contributed by atoms with Gasteiger partial charge in [-0.05, 0) is 51.2 Å². The van der Waals surface area contributed by atoms with Gasteiger partial charge in [-0.25, -0.2) is 0 Å². The predicted molar refractivity (Wildman–Crippen MR) is 84.4 cm³/mol. The molecule has 1 aliphatic rings. The minimum Gasteiger partial charge on any atom is -0.327 e. The molecule has 1 fully saturated rings. The molecule has 0 amide bonds. The molecule has 0 aromatic heterocycles. The zero-order valence-corrected chi connectivity index (χ0v) is 13.8. The number of hydrogen-bond donors (Lipinski definition) is 1. The number of nitrogens with zero attached hydrogens (tertiary/aromatic N) is 2. The molecule has 0 saturated heterocycles. The molecule has 0 aromatic carbocycles. The lowest BCUT2D eigenvalue weighted by Crippen LogP contribution is -2.50. The molecule has 2 unspecified atom stereocenters. The Morgan fingerprint density at radius 1 is 1.16 bits per heavy atom. The van der Waals surface area contributed by atoms with Crippen molar-refractivity contribution >= 4 is 0 Å². The maximum atomic E-state index is 6.52. The van der Waals surface area contributed by atoms with E-state index in [4.69, 9.17) is 5.73 Å². The summed E-state index contributed by atoms with van der Waals surface area (Å²) in [6.07, 6.45) is 5.18. The van der Waals surface area contributed by atoms with Crippen molar-refractivity contribution in [2.45, 2.75) is 52.5 Å². The third kappa shape index (κ3) is 5.41. The SMILES string of the molecule is CCCN(CCN(C)C)CC1CCCC(C)(C)C1N. The minimum absolute atomic E-state index is 0.322. The van der Waals surface area contributed by atoms with Gasteiger partial charge in [-0.2, -0.15) is 0 Å². The molecule has 1 aliphatic carbocycles. The van der Waals surface area contributed by atoms with E-state index in [1.165, 1.54) is 45.3 Å². The molecular formula is C16H35N3. The van der Waals surface area contributed by atoms with E-state index in [9.17, 15) is 0 Å². The van der Waals surface area contributed by atoms with Crippen LogP contribution in [0.5, 0.6) is 0 Å². The number of nitrogens with two attached hydrogens (primary N) is 1. The van der Waals surface area contributed by atoms with Crippen molar-refractivity contribution in [3.05, 3.63) is 0 Å². The van der Waals surface area contributed by atoms with E-state index in [0.29, 0.717) is 17.4 Å². The lowest BCUT2D eigenvalue weighted by Gasteiger charge is -2.43. The van der Waals surface area contributed by atoms with Gasteiger partial charge in [-0.1, -0.05) is 27.2 Å². The fourth-order valence-corrected chi connectivity index (χ4v) is 3.29. The van der Waals surface area contributed by atoms with Gasteiger partial charge < -0.3 is 15.5 Å². The Balaban J connectivity index is 2.52. The Labute approximate surface area is 120 Å². The highest BCUT2D eigenvalue weighted by atomic mass is 15.2. The van der Waals surface area contributed by atoms with Crippen LogP contribution in [-0.2, 0) is 0 Å². The van der Waals surface area contributed by atoms with Crippen molar-refractivity contribution < 1.29 is 0 Å². The number of rotatable bonds is 7. The predicted octanol–water partition coefficient (Wildman–Crippen LogP) is 2.41. The fraction of sp³-hybridized carbons (Fsp3) is 1.00. The monoisotopic (exact) mass is 269 g/mol. The molecule has 1 saturated carbocycles. The van der Waals surface area contributed by atoms with Gasteiger partial charge in [0.05, 0.1) is 0 Å². The van der Waals surface area contributed by atoms with Crippen molar-refractivity contribution in [1.29, 1.82) is 0 Å². The summed E-state index contributed by atoms with van der Waals surface area (Å²) in [5, 5.41) is 0. The summed E-state index contributed by atoms with van der Waals surface area (Å²) in [6.45, 7) is 11.7. The molecule has 19 heavy (non-hydrogen) atoms. The zero-order valence-electron chi connectivity index (χ0n) is 13.8. The molecule has 0 aliphatic heterocycles. The summed E-state index contributed by atoms with van der Waals surface area (Å²) in [7, 11) is 4.30. The third-order valence-corrected chi connectivity index (χ3v) is 4.70. The van der Waals surface area contributed by atoms with Crippen LogP contribution in [-0.4, -0.2) is 56.1 Å². The number of hydrogen-bond acceptors (Lipinski definition) is 3. The van der Waals surface area contributed by atoms with Gasteiger partial charge in [0, 0.05) is 25.7 Å². The largest absolute Gasteiger partial charge is 0.327 e. The molecule has 1 rings (SSSR count). The highest BCUT2D eigenvalue weighted by Gasteiger charge is 2.36. The van der Waals surface area contributed by atoms with Gasteiger partial charge >= 0.3 is 0 Å². The summed E-state index contributed by atoms with van der Waals surface area (Å²) in [5.41, 5.74) is 6.84. The third-order valence-electron chi connectivity index (χ3n) is 4.70. The molecule has 2 N–H and O–H groups in total. The Morgan fingerprint density at radius 2 is 1.84 bits per heavy atom. The van der Waals surface area contributed by atoms with Gasteiger partial charge in [0.2, 0.25) is 0 Å². The van der Waals surface area contributed by atoms with E-state index in [1.54, 1.807) is 0 Å². The first-order chi connectivity index (χ1) is 8.86. The quantitative estimate of drug-likeness (QED) is 0.770. The van der Waals surface area contributed by atoms with Crippen LogP contribution < -0.4 is 5.73 Å². The highest BCUT2D eigenvalue weighted by Crippen LogP contribution is 2.37. The first-order valence-corrected chi connectivity index (χ1v) is 7.99. The molecule has 0 heterocycles. The number of likely N-dealkylation sites (N-methyl/N-ethyl adjacent to an activating group) is 1. The second kappa shape index (κ2) is 7.61. The molecule has 0 radical (unpaired) electrons. The van der Waals surface area contributed by atoms with Crippen molar-refractivity contribution in [2.24, 2.45) is 17.1 Å². The van der Waals surface area contributed by atoms with Gasteiger partial charge in [0.1, 0.15) is 0 Å². The molecule has 0 bridgehead atoms. The maximum Gasteiger partial charge on any atom is 0.0131 e. The Hall–Kier alpha value is -0.120. The Kier molecular flexibility index (Phi) is 6.78. The second-order valence-electron chi connectivity index (χ2n) is 7.27. The molecule has 3 heteroatoms. The molecule has 0 aromatic rings. The minimum atomic E-state index is 0.322. The van der Waals surface area contributed by atoms with E-state index in [-0.39, 0.29) is 0 Å². The van der Waals surface area contributed by atoms with E-state index >= 15 is 0 Å². The van der Waals surface area contributed by atoms with Gasteiger partial charge in [-0.3, -0.25) is 0 Å². The zero-order chi connectivity index (χ0) is 14.5. The summed E-state index contributed by atoms with van der Waals surface area (Å²) < 4.78 is 0. The first kappa shape index (κ1) is 16.9. The Morgan fingerprint density at radius 3 is 2.42 bits per heavy atom. The maximum absolute atomic E-state index is 6.52. The summed E-state index contributed by atoms with van der Waals surface area (Å²) in [4.78, 5) is 4.89. The molecule has 2 atom stereocenters. The van der Waals surface area contributed by atoms with Crippen LogP contribution >= 0.6 is 0 Å². The molecule has 3 nitrogen and oxygen atoms in total. The van der Waals surface area contributed by atoms with Gasteiger partial charge in [0.15, 0.2) is 0 Å². The van der Waals surface area contributed by atoms with Crippen LogP contribution in [0, 0.1) is 11.3 Å². The lowest BCUT2D eigenvalue weighted by atomic mass is 9.68. The van der Waals surface area contributed by atoms with Crippen molar-refractivity contribution in [3.63, 3.8) is 0 Å². The average Bonchev–Trinajstić information content (AvgIpc) is 2.32.